The number of carbonyl (C=O) groups is 1. The summed E-state index contributed by atoms with van der Waals surface area (Å²) in [5.74, 6) is 0.185. The monoisotopic (exact) mass is 240 g/mol. The van der Waals surface area contributed by atoms with Gasteiger partial charge in [-0.2, -0.15) is 0 Å². The first-order valence-electron chi connectivity index (χ1n) is 5.29. The third-order valence-corrected chi connectivity index (χ3v) is 2.40. The molecule has 0 saturated heterocycles. The Hall–Kier alpha value is -1.62. The van der Waals surface area contributed by atoms with Crippen LogP contribution in [0.25, 0.3) is 0 Å². The summed E-state index contributed by atoms with van der Waals surface area (Å²) in [5, 5.41) is 2.78. The topological polar surface area (TPSA) is 41.6 Å². The molecule has 0 unspecified atom stereocenters. The quantitative estimate of drug-likeness (QED) is 0.835. The Bertz CT molecular complexity index is 396. The third-order valence-electron chi connectivity index (χ3n) is 2.40. The van der Waals surface area contributed by atoms with Crippen LogP contribution in [-0.4, -0.2) is 38.6 Å². The van der Waals surface area contributed by atoms with Gasteiger partial charge < -0.3 is 15.0 Å². The van der Waals surface area contributed by atoms with E-state index < -0.39 is 0 Å². The van der Waals surface area contributed by atoms with Crippen LogP contribution in [0.4, 0.5) is 4.39 Å². The van der Waals surface area contributed by atoms with Crippen molar-refractivity contribution in [1.29, 1.82) is 0 Å². The molecule has 1 aromatic carbocycles. The van der Waals surface area contributed by atoms with Gasteiger partial charge in [0.05, 0.1) is 13.7 Å². The first-order valence-corrected chi connectivity index (χ1v) is 5.29. The molecular formula is C12H17FN2O2. The van der Waals surface area contributed by atoms with E-state index in [1.165, 1.54) is 24.1 Å². The van der Waals surface area contributed by atoms with Crippen LogP contribution >= 0.6 is 0 Å². The predicted molar refractivity (Wildman–Crippen MR) is 63.4 cm³/mol. The van der Waals surface area contributed by atoms with Gasteiger partial charge in [-0.1, -0.05) is 0 Å². The van der Waals surface area contributed by atoms with Crippen molar-refractivity contribution in [1.82, 2.24) is 10.2 Å². The average molecular weight is 240 g/mol. The zero-order chi connectivity index (χ0) is 12.8. The van der Waals surface area contributed by atoms with E-state index in [1.54, 1.807) is 20.2 Å². The highest BCUT2D eigenvalue weighted by molar-refractivity contribution is 5.78. The third kappa shape index (κ3) is 3.71. The van der Waals surface area contributed by atoms with E-state index in [0.717, 1.165) is 0 Å². The molecule has 0 bridgehead atoms. The zero-order valence-electron chi connectivity index (χ0n) is 10.3. The largest absolute Gasteiger partial charge is 0.496 e. The Morgan fingerprint density at radius 2 is 2.24 bits per heavy atom. The van der Waals surface area contributed by atoms with Crippen LogP contribution in [0, 0.1) is 5.82 Å². The minimum absolute atomic E-state index is 0.0567. The van der Waals surface area contributed by atoms with Gasteiger partial charge in [0.1, 0.15) is 11.6 Å². The number of hydrogen-bond donors (Lipinski definition) is 1. The molecule has 0 heterocycles. The Balaban J connectivity index is 2.79. The SMILES string of the molecule is CNCC(=O)N(C)Cc1cc(F)ccc1OC. The molecule has 0 aliphatic carbocycles. The lowest BCUT2D eigenvalue weighted by Gasteiger charge is -2.18. The van der Waals surface area contributed by atoms with Gasteiger partial charge in [0.25, 0.3) is 0 Å². The molecule has 1 aromatic rings. The second kappa shape index (κ2) is 6.20. The van der Waals surface area contributed by atoms with Crippen molar-refractivity contribution in [3.05, 3.63) is 29.6 Å². The number of ether oxygens (including phenoxy) is 1. The summed E-state index contributed by atoms with van der Waals surface area (Å²) in [6.07, 6.45) is 0. The number of benzene rings is 1. The van der Waals surface area contributed by atoms with Crippen LogP contribution in [0.2, 0.25) is 0 Å². The molecule has 0 aliphatic rings. The van der Waals surface area contributed by atoms with Gasteiger partial charge in [-0.3, -0.25) is 4.79 Å². The zero-order valence-corrected chi connectivity index (χ0v) is 10.3. The summed E-state index contributed by atoms with van der Waals surface area (Å²) in [5.41, 5.74) is 0.652. The molecule has 94 valence electrons. The number of amides is 1. The number of rotatable bonds is 5. The molecule has 0 fully saturated rings. The Morgan fingerprint density at radius 1 is 1.53 bits per heavy atom. The van der Waals surface area contributed by atoms with Crippen molar-refractivity contribution in [2.75, 3.05) is 27.7 Å². The van der Waals surface area contributed by atoms with Crippen molar-refractivity contribution in [2.24, 2.45) is 0 Å². The smallest absolute Gasteiger partial charge is 0.236 e. The fourth-order valence-electron chi connectivity index (χ4n) is 1.50. The van der Waals surface area contributed by atoms with Crippen LogP contribution in [-0.2, 0) is 11.3 Å². The van der Waals surface area contributed by atoms with Crippen molar-refractivity contribution >= 4 is 5.91 Å². The number of nitrogens with zero attached hydrogens (tertiary/aromatic N) is 1. The first-order chi connectivity index (χ1) is 8.08. The summed E-state index contributed by atoms with van der Waals surface area (Å²) in [7, 11) is 4.89. The number of nitrogens with one attached hydrogen (secondary N) is 1. The average Bonchev–Trinajstić information content (AvgIpc) is 2.29. The van der Waals surface area contributed by atoms with Crippen molar-refractivity contribution in [2.45, 2.75) is 6.54 Å². The summed E-state index contributed by atoms with van der Waals surface area (Å²) in [4.78, 5) is 13.1. The van der Waals surface area contributed by atoms with E-state index in [4.69, 9.17) is 4.74 Å². The highest BCUT2D eigenvalue weighted by atomic mass is 19.1. The predicted octanol–water partition coefficient (Wildman–Crippen LogP) is 1.01. The van der Waals surface area contributed by atoms with E-state index >= 15 is 0 Å². The molecule has 1 N–H and O–H groups in total. The van der Waals surface area contributed by atoms with Crippen molar-refractivity contribution in [3.63, 3.8) is 0 Å². The molecule has 1 rings (SSSR count). The summed E-state index contributed by atoms with van der Waals surface area (Å²) in [6, 6.07) is 4.26. The first kappa shape index (κ1) is 13.4. The molecule has 0 spiro atoms. The van der Waals surface area contributed by atoms with Crippen LogP contribution in [0.5, 0.6) is 5.75 Å². The number of hydrogen-bond acceptors (Lipinski definition) is 3. The maximum absolute atomic E-state index is 13.1. The maximum Gasteiger partial charge on any atom is 0.236 e. The molecule has 0 atom stereocenters. The van der Waals surface area contributed by atoms with Gasteiger partial charge in [-0.25, -0.2) is 4.39 Å². The van der Waals surface area contributed by atoms with E-state index in [9.17, 15) is 9.18 Å². The van der Waals surface area contributed by atoms with E-state index in [-0.39, 0.29) is 18.3 Å². The molecule has 17 heavy (non-hydrogen) atoms. The minimum atomic E-state index is -0.338. The fraction of sp³-hybridized carbons (Fsp3) is 0.417. The molecular weight excluding hydrogens is 223 g/mol. The molecule has 1 amide bonds. The fourth-order valence-corrected chi connectivity index (χ4v) is 1.50. The number of halogens is 1. The standard InChI is InChI=1S/C12H17FN2O2/c1-14-7-12(16)15(2)8-9-6-10(13)4-5-11(9)17-3/h4-6,14H,7-8H2,1-3H3. The van der Waals surface area contributed by atoms with E-state index in [1.807, 2.05) is 0 Å². The Kier molecular flexibility index (Phi) is 4.90. The Morgan fingerprint density at radius 3 is 2.82 bits per heavy atom. The number of methoxy groups -OCH3 is 1. The van der Waals surface area contributed by atoms with Crippen LogP contribution in [0.3, 0.4) is 0 Å². The summed E-state index contributed by atoms with van der Waals surface area (Å²) in [6.45, 7) is 0.579. The molecule has 0 aliphatic heterocycles. The number of carbonyl (C=O) groups excluding carboxylic acids is 1. The van der Waals surface area contributed by atoms with Crippen LogP contribution in [0.1, 0.15) is 5.56 Å². The normalized spacial score (nSPS) is 10.1. The second-order valence-electron chi connectivity index (χ2n) is 3.74. The van der Waals surface area contributed by atoms with Gasteiger partial charge in [0.15, 0.2) is 0 Å². The lowest BCUT2D eigenvalue weighted by atomic mass is 10.2. The van der Waals surface area contributed by atoms with Gasteiger partial charge in [0, 0.05) is 19.2 Å². The lowest BCUT2D eigenvalue weighted by molar-refractivity contribution is -0.129. The highest BCUT2D eigenvalue weighted by Gasteiger charge is 2.11. The lowest BCUT2D eigenvalue weighted by Crippen LogP contribution is -2.33. The molecule has 0 aromatic heterocycles. The van der Waals surface area contributed by atoms with Crippen LogP contribution < -0.4 is 10.1 Å². The highest BCUT2D eigenvalue weighted by Crippen LogP contribution is 2.20. The molecule has 0 saturated carbocycles. The van der Waals surface area contributed by atoms with Gasteiger partial charge in [-0.05, 0) is 25.2 Å². The maximum atomic E-state index is 13.1. The van der Waals surface area contributed by atoms with Crippen molar-refractivity contribution < 1.29 is 13.9 Å². The molecule has 4 nitrogen and oxygen atoms in total. The molecule has 0 radical (unpaired) electrons. The summed E-state index contributed by atoms with van der Waals surface area (Å²) >= 11 is 0. The van der Waals surface area contributed by atoms with Gasteiger partial charge >= 0.3 is 0 Å². The minimum Gasteiger partial charge on any atom is -0.496 e. The number of likely N-dealkylation sites (N-methyl/N-ethyl adjacent to an activating group) is 2. The molecule has 5 heteroatoms. The summed E-state index contributed by atoms with van der Waals surface area (Å²) < 4.78 is 18.2. The van der Waals surface area contributed by atoms with Gasteiger partial charge in [-0.15, -0.1) is 0 Å². The second-order valence-corrected chi connectivity index (χ2v) is 3.74. The van der Waals surface area contributed by atoms with Crippen LogP contribution in [0.15, 0.2) is 18.2 Å². The Labute approximate surface area is 100 Å². The van der Waals surface area contributed by atoms with Crippen molar-refractivity contribution in [3.8, 4) is 5.75 Å². The van der Waals surface area contributed by atoms with Gasteiger partial charge in [0.2, 0.25) is 5.91 Å². The van der Waals surface area contributed by atoms with E-state index in [2.05, 4.69) is 5.32 Å². The van der Waals surface area contributed by atoms with E-state index in [0.29, 0.717) is 17.9 Å².